The highest BCUT2D eigenvalue weighted by Crippen LogP contribution is 2.54. The Morgan fingerprint density at radius 1 is 1.24 bits per heavy atom. The molecule has 2 aliphatic carbocycles. The molecule has 0 bridgehead atoms. The first-order chi connectivity index (χ1) is 12.3. The predicted octanol–water partition coefficient (Wildman–Crippen LogP) is 1.61. The van der Waals surface area contributed by atoms with Gasteiger partial charge in [0.15, 0.2) is 5.96 Å². The summed E-state index contributed by atoms with van der Waals surface area (Å²) in [6, 6.07) is 0.507. The highest BCUT2D eigenvalue weighted by Gasteiger charge is 2.56. The molecule has 2 atom stereocenters. The van der Waals surface area contributed by atoms with Gasteiger partial charge in [0, 0.05) is 44.2 Å². The van der Waals surface area contributed by atoms with Gasteiger partial charge in [0.05, 0.1) is 25.9 Å². The van der Waals surface area contributed by atoms with Crippen LogP contribution in [0.2, 0.25) is 0 Å². The van der Waals surface area contributed by atoms with Crippen molar-refractivity contribution < 1.29 is 9.47 Å². The van der Waals surface area contributed by atoms with Gasteiger partial charge in [-0.15, -0.1) is 0 Å². The largest absolute Gasteiger partial charge is 0.379 e. The molecule has 3 aliphatic rings. The number of nitrogens with one attached hydrogen (secondary N) is 2. The van der Waals surface area contributed by atoms with E-state index in [0.29, 0.717) is 17.6 Å². The number of guanidine groups is 1. The van der Waals surface area contributed by atoms with E-state index in [-0.39, 0.29) is 0 Å². The number of hydrogen-bond donors (Lipinski definition) is 2. The van der Waals surface area contributed by atoms with Crippen LogP contribution < -0.4 is 10.6 Å². The van der Waals surface area contributed by atoms with Crippen LogP contribution in [0, 0.1) is 5.41 Å². The van der Waals surface area contributed by atoms with E-state index in [0.717, 1.165) is 64.9 Å². The Hall–Kier alpha value is -0.850. The molecule has 6 nitrogen and oxygen atoms in total. The molecule has 0 aromatic rings. The molecule has 0 aromatic heterocycles. The van der Waals surface area contributed by atoms with Crippen LogP contribution in [-0.2, 0) is 9.47 Å². The lowest BCUT2D eigenvalue weighted by atomic mass is 9.60. The molecule has 6 heteroatoms. The van der Waals surface area contributed by atoms with E-state index in [1.165, 1.54) is 25.7 Å². The highest BCUT2D eigenvalue weighted by atomic mass is 16.5. The Morgan fingerprint density at radius 2 is 2.00 bits per heavy atom. The fourth-order valence-electron chi connectivity index (χ4n) is 4.70. The summed E-state index contributed by atoms with van der Waals surface area (Å²) < 4.78 is 11.4. The van der Waals surface area contributed by atoms with E-state index in [2.05, 4.69) is 29.4 Å². The summed E-state index contributed by atoms with van der Waals surface area (Å²) in [6.07, 6.45) is 6.82. The van der Waals surface area contributed by atoms with Crippen LogP contribution in [0.1, 0.15) is 46.0 Å². The summed E-state index contributed by atoms with van der Waals surface area (Å²) in [5.41, 5.74) is 0.344. The maximum atomic E-state index is 6.03. The predicted molar refractivity (Wildman–Crippen MR) is 101 cm³/mol. The quantitative estimate of drug-likeness (QED) is 0.539. The second-order valence-corrected chi connectivity index (χ2v) is 7.53. The van der Waals surface area contributed by atoms with Crippen molar-refractivity contribution in [2.24, 2.45) is 10.4 Å². The molecule has 0 amide bonds. The number of morpholine rings is 1. The maximum Gasteiger partial charge on any atom is 0.191 e. The molecular weight excluding hydrogens is 316 g/mol. The van der Waals surface area contributed by atoms with E-state index in [4.69, 9.17) is 14.5 Å². The molecule has 25 heavy (non-hydrogen) atoms. The van der Waals surface area contributed by atoms with Crippen LogP contribution >= 0.6 is 0 Å². The average Bonchev–Trinajstić information content (AvgIpc) is 3.15. The van der Waals surface area contributed by atoms with Crippen molar-refractivity contribution in [3.63, 3.8) is 0 Å². The third kappa shape index (κ3) is 4.47. The van der Waals surface area contributed by atoms with E-state index in [1.807, 2.05) is 0 Å². The first kappa shape index (κ1) is 18.9. The van der Waals surface area contributed by atoms with Crippen LogP contribution in [0.5, 0.6) is 0 Å². The Balaban J connectivity index is 1.53. The summed E-state index contributed by atoms with van der Waals surface area (Å²) in [7, 11) is 0. The standard InChI is InChI=1S/C19H36N4O2/c1-3-20-18(21-9-10-23-11-13-24-14-12-23)22-16-15-17(25-4-2)19(16)7-5-6-8-19/h16-17H,3-15H2,1-2H3,(H2,20,21,22). The van der Waals surface area contributed by atoms with Gasteiger partial charge in [-0.25, -0.2) is 0 Å². The van der Waals surface area contributed by atoms with Crippen molar-refractivity contribution >= 4 is 5.96 Å². The van der Waals surface area contributed by atoms with Crippen molar-refractivity contribution in [1.29, 1.82) is 0 Å². The highest BCUT2D eigenvalue weighted by molar-refractivity contribution is 5.80. The first-order valence-corrected chi connectivity index (χ1v) is 10.2. The lowest BCUT2D eigenvalue weighted by Gasteiger charge is -2.54. The van der Waals surface area contributed by atoms with Gasteiger partial charge in [-0.3, -0.25) is 9.89 Å². The third-order valence-corrected chi connectivity index (χ3v) is 6.13. The minimum atomic E-state index is 0.344. The van der Waals surface area contributed by atoms with Gasteiger partial charge in [-0.1, -0.05) is 12.8 Å². The molecule has 0 radical (unpaired) electrons. The van der Waals surface area contributed by atoms with Gasteiger partial charge in [0.25, 0.3) is 0 Å². The summed E-state index contributed by atoms with van der Waals surface area (Å²) in [5, 5.41) is 7.16. The maximum absolute atomic E-state index is 6.03. The SMILES string of the molecule is CCNC(=NCCN1CCOCC1)NC1CC(OCC)C12CCCC2. The molecule has 1 heterocycles. The molecule has 2 N–H and O–H groups in total. The van der Waals surface area contributed by atoms with E-state index in [9.17, 15) is 0 Å². The molecular formula is C19H36N4O2. The number of hydrogen-bond acceptors (Lipinski definition) is 4. The molecule has 3 fully saturated rings. The normalized spacial score (nSPS) is 29.6. The molecule has 0 aromatic carbocycles. The van der Waals surface area contributed by atoms with Crippen molar-refractivity contribution in [3.8, 4) is 0 Å². The van der Waals surface area contributed by atoms with Gasteiger partial charge in [0.2, 0.25) is 0 Å². The van der Waals surface area contributed by atoms with Crippen molar-refractivity contribution in [2.75, 3.05) is 52.5 Å². The zero-order valence-corrected chi connectivity index (χ0v) is 16.1. The van der Waals surface area contributed by atoms with Gasteiger partial charge in [-0.05, 0) is 33.1 Å². The van der Waals surface area contributed by atoms with Gasteiger partial charge < -0.3 is 20.1 Å². The second kappa shape index (κ2) is 9.19. The summed E-state index contributed by atoms with van der Waals surface area (Å²) >= 11 is 0. The number of aliphatic imine (C=N–C) groups is 1. The van der Waals surface area contributed by atoms with E-state index >= 15 is 0 Å². The van der Waals surface area contributed by atoms with Gasteiger partial charge >= 0.3 is 0 Å². The smallest absolute Gasteiger partial charge is 0.191 e. The molecule has 1 spiro atoms. The van der Waals surface area contributed by atoms with Crippen LogP contribution in [0.4, 0.5) is 0 Å². The molecule has 1 saturated heterocycles. The molecule has 144 valence electrons. The average molecular weight is 353 g/mol. The van der Waals surface area contributed by atoms with Gasteiger partial charge in [0.1, 0.15) is 0 Å². The zero-order valence-electron chi connectivity index (χ0n) is 16.1. The summed E-state index contributed by atoms with van der Waals surface area (Å²) in [6.45, 7) is 11.6. The monoisotopic (exact) mass is 352 g/mol. The fourth-order valence-corrected chi connectivity index (χ4v) is 4.70. The van der Waals surface area contributed by atoms with Crippen molar-refractivity contribution in [3.05, 3.63) is 0 Å². The topological polar surface area (TPSA) is 58.1 Å². The number of nitrogens with zero attached hydrogens (tertiary/aromatic N) is 2. The van der Waals surface area contributed by atoms with Gasteiger partial charge in [-0.2, -0.15) is 0 Å². The summed E-state index contributed by atoms with van der Waals surface area (Å²) in [4.78, 5) is 7.26. The Bertz CT molecular complexity index is 431. The lowest BCUT2D eigenvalue weighted by molar-refractivity contribution is -0.125. The molecule has 3 rings (SSSR count). The van der Waals surface area contributed by atoms with E-state index in [1.54, 1.807) is 0 Å². The minimum absolute atomic E-state index is 0.344. The summed E-state index contributed by atoms with van der Waals surface area (Å²) in [5.74, 6) is 0.974. The van der Waals surface area contributed by atoms with Crippen LogP contribution in [0.15, 0.2) is 4.99 Å². The number of rotatable bonds is 7. The van der Waals surface area contributed by atoms with Crippen LogP contribution in [-0.4, -0.2) is 75.5 Å². The molecule has 2 unspecified atom stereocenters. The van der Waals surface area contributed by atoms with Crippen LogP contribution in [0.25, 0.3) is 0 Å². The van der Waals surface area contributed by atoms with Crippen LogP contribution in [0.3, 0.4) is 0 Å². The zero-order chi connectivity index (χ0) is 17.5. The van der Waals surface area contributed by atoms with E-state index < -0.39 is 0 Å². The Labute approximate surface area is 152 Å². The Kier molecular flexibility index (Phi) is 6.96. The Morgan fingerprint density at radius 3 is 2.68 bits per heavy atom. The van der Waals surface area contributed by atoms with Crippen molar-refractivity contribution in [1.82, 2.24) is 15.5 Å². The first-order valence-electron chi connectivity index (χ1n) is 10.2. The number of ether oxygens (including phenoxy) is 2. The van der Waals surface area contributed by atoms with Crippen molar-refractivity contribution in [2.45, 2.75) is 58.1 Å². The second-order valence-electron chi connectivity index (χ2n) is 7.53. The third-order valence-electron chi connectivity index (χ3n) is 6.13. The fraction of sp³-hybridized carbons (Fsp3) is 0.947. The minimum Gasteiger partial charge on any atom is -0.379 e. The molecule has 2 saturated carbocycles. The molecule has 1 aliphatic heterocycles. The lowest BCUT2D eigenvalue weighted by Crippen LogP contribution is -2.65.